The third-order valence-electron chi connectivity index (χ3n) is 3.42. The van der Waals surface area contributed by atoms with Gasteiger partial charge in [0.1, 0.15) is 5.82 Å². The van der Waals surface area contributed by atoms with Crippen molar-refractivity contribution in [1.29, 1.82) is 0 Å². The summed E-state index contributed by atoms with van der Waals surface area (Å²) in [7, 11) is 0. The van der Waals surface area contributed by atoms with Gasteiger partial charge in [-0.25, -0.2) is 9.67 Å². The summed E-state index contributed by atoms with van der Waals surface area (Å²) < 4.78 is 1.89. The minimum Gasteiger partial charge on any atom is -0.382 e. The second kappa shape index (κ2) is 4.59. The van der Waals surface area contributed by atoms with E-state index in [9.17, 15) is 0 Å². The molecule has 3 heterocycles. The first kappa shape index (κ1) is 11.9. The molecule has 0 spiro atoms. The predicted molar refractivity (Wildman–Crippen MR) is 79.8 cm³/mol. The standard InChI is InChI=1S/C13H14N6S/c14-11-6-16-10(5-17-11)9-7-19(13-15-3-4-20-13)18-12(9)8-1-2-8/h5-8H,1-4H2,(H2,14,17). The number of aliphatic imine (C=N–C) groups is 1. The molecule has 0 bridgehead atoms. The summed E-state index contributed by atoms with van der Waals surface area (Å²) >= 11 is 1.74. The third-order valence-corrected chi connectivity index (χ3v) is 4.38. The van der Waals surface area contributed by atoms with Crippen LogP contribution in [0.1, 0.15) is 24.5 Å². The van der Waals surface area contributed by atoms with E-state index in [0.29, 0.717) is 11.7 Å². The van der Waals surface area contributed by atoms with Gasteiger partial charge in [0.05, 0.1) is 30.3 Å². The summed E-state index contributed by atoms with van der Waals surface area (Å²) in [5, 5.41) is 5.69. The largest absolute Gasteiger partial charge is 0.382 e. The lowest BCUT2D eigenvalue weighted by Crippen LogP contribution is -2.06. The lowest BCUT2D eigenvalue weighted by Gasteiger charge is -1.99. The van der Waals surface area contributed by atoms with E-state index in [2.05, 4.69) is 15.0 Å². The highest BCUT2D eigenvalue weighted by Gasteiger charge is 2.31. The molecule has 1 aliphatic carbocycles. The van der Waals surface area contributed by atoms with Gasteiger partial charge in [-0.05, 0) is 12.8 Å². The highest BCUT2D eigenvalue weighted by Crippen LogP contribution is 2.43. The summed E-state index contributed by atoms with van der Waals surface area (Å²) in [5.41, 5.74) is 8.59. The van der Waals surface area contributed by atoms with Crippen LogP contribution in [0.2, 0.25) is 0 Å². The normalized spacial score (nSPS) is 18.3. The molecule has 20 heavy (non-hydrogen) atoms. The number of aromatic nitrogens is 4. The van der Waals surface area contributed by atoms with Crippen LogP contribution >= 0.6 is 11.8 Å². The number of thioether (sulfide) groups is 1. The number of rotatable bonds is 2. The van der Waals surface area contributed by atoms with Gasteiger partial charge in [-0.15, -0.1) is 0 Å². The summed E-state index contributed by atoms with van der Waals surface area (Å²) in [4.78, 5) is 13.0. The van der Waals surface area contributed by atoms with Crippen molar-refractivity contribution in [2.45, 2.75) is 18.8 Å². The lowest BCUT2D eigenvalue weighted by molar-refractivity contribution is 0.884. The fourth-order valence-corrected chi connectivity index (χ4v) is 3.05. The molecule has 1 fully saturated rings. The Morgan fingerprint density at radius 2 is 2.15 bits per heavy atom. The van der Waals surface area contributed by atoms with Gasteiger partial charge in [-0.3, -0.25) is 9.98 Å². The zero-order valence-corrected chi connectivity index (χ0v) is 11.7. The molecule has 2 aliphatic rings. The summed E-state index contributed by atoms with van der Waals surface area (Å²) in [5.74, 6) is 2.02. The monoisotopic (exact) mass is 286 g/mol. The van der Waals surface area contributed by atoms with Gasteiger partial charge >= 0.3 is 0 Å². The molecule has 0 radical (unpaired) electrons. The van der Waals surface area contributed by atoms with Crippen molar-refractivity contribution in [3.8, 4) is 11.3 Å². The summed E-state index contributed by atoms with van der Waals surface area (Å²) in [6, 6.07) is 0. The fourth-order valence-electron chi connectivity index (χ4n) is 2.28. The van der Waals surface area contributed by atoms with E-state index in [1.807, 2.05) is 10.9 Å². The smallest absolute Gasteiger partial charge is 0.184 e. The zero-order valence-electron chi connectivity index (χ0n) is 10.9. The molecule has 102 valence electrons. The van der Waals surface area contributed by atoms with Crippen LogP contribution in [0.15, 0.2) is 23.6 Å². The van der Waals surface area contributed by atoms with Crippen LogP contribution in [-0.2, 0) is 0 Å². The fraction of sp³-hybridized carbons (Fsp3) is 0.385. The van der Waals surface area contributed by atoms with Crippen molar-refractivity contribution in [2.75, 3.05) is 18.0 Å². The molecule has 2 N–H and O–H groups in total. The first-order valence-electron chi connectivity index (χ1n) is 6.66. The second-order valence-electron chi connectivity index (χ2n) is 4.99. The molecular formula is C13H14N6S. The molecule has 6 nitrogen and oxygen atoms in total. The highest BCUT2D eigenvalue weighted by molar-refractivity contribution is 8.14. The van der Waals surface area contributed by atoms with Gasteiger partial charge in [-0.2, -0.15) is 5.10 Å². The van der Waals surface area contributed by atoms with Gasteiger partial charge in [0.2, 0.25) is 0 Å². The third kappa shape index (κ3) is 2.07. The molecule has 1 saturated carbocycles. The van der Waals surface area contributed by atoms with E-state index in [-0.39, 0.29) is 0 Å². The van der Waals surface area contributed by atoms with E-state index >= 15 is 0 Å². The van der Waals surface area contributed by atoms with Crippen LogP contribution in [0.4, 0.5) is 5.82 Å². The van der Waals surface area contributed by atoms with Crippen LogP contribution in [-0.4, -0.2) is 37.2 Å². The second-order valence-corrected chi connectivity index (χ2v) is 6.05. The van der Waals surface area contributed by atoms with E-state index in [0.717, 1.165) is 34.4 Å². The predicted octanol–water partition coefficient (Wildman–Crippen LogP) is 1.75. The van der Waals surface area contributed by atoms with Crippen LogP contribution in [0.5, 0.6) is 0 Å². The average molecular weight is 286 g/mol. The van der Waals surface area contributed by atoms with Crippen molar-refractivity contribution in [1.82, 2.24) is 19.7 Å². The molecule has 0 atom stereocenters. The first-order valence-corrected chi connectivity index (χ1v) is 7.65. The van der Waals surface area contributed by atoms with Crippen LogP contribution in [0.3, 0.4) is 0 Å². The topological polar surface area (TPSA) is 82.0 Å². The number of nitrogens with zero attached hydrogens (tertiary/aromatic N) is 5. The van der Waals surface area contributed by atoms with Crippen molar-refractivity contribution in [3.05, 3.63) is 24.3 Å². The van der Waals surface area contributed by atoms with Gasteiger partial charge in [0.15, 0.2) is 5.17 Å². The van der Waals surface area contributed by atoms with Crippen molar-refractivity contribution in [2.24, 2.45) is 4.99 Å². The highest BCUT2D eigenvalue weighted by atomic mass is 32.2. The Hall–Kier alpha value is -1.89. The molecule has 7 heteroatoms. The number of nitrogens with two attached hydrogens (primary N) is 1. The minimum absolute atomic E-state index is 0.435. The lowest BCUT2D eigenvalue weighted by atomic mass is 10.1. The van der Waals surface area contributed by atoms with E-state index in [4.69, 9.17) is 10.8 Å². The van der Waals surface area contributed by atoms with Crippen molar-refractivity contribution >= 4 is 22.7 Å². The maximum absolute atomic E-state index is 5.60. The number of hydrogen-bond acceptors (Lipinski definition) is 6. The molecule has 0 saturated heterocycles. The Kier molecular flexibility index (Phi) is 2.73. The zero-order chi connectivity index (χ0) is 13.5. The van der Waals surface area contributed by atoms with Crippen LogP contribution < -0.4 is 5.73 Å². The molecule has 0 unspecified atom stereocenters. The molecule has 0 amide bonds. The first-order chi connectivity index (χ1) is 9.81. The maximum atomic E-state index is 5.60. The Bertz CT molecular complexity index is 671. The Morgan fingerprint density at radius 1 is 1.25 bits per heavy atom. The van der Waals surface area contributed by atoms with E-state index in [1.165, 1.54) is 12.8 Å². The Labute approximate surface area is 120 Å². The number of anilines is 1. The molecule has 2 aromatic rings. The van der Waals surface area contributed by atoms with Crippen LogP contribution in [0.25, 0.3) is 11.3 Å². The van der Waals surface area contributed by atoms with Gasteiger partial charge in [-0.1, -0.05) is 11.8 Å². The Morgan fingerprint density at radius 3 is 2.80 bits per heavy atom. The quantitative estimate of drug-likeness (QED) is 0.909. The molecule has 4 rings (SSSR count). The van der Waals surface area contributed by atoms with Gasteiger partial charge in [0, 0.05) is 23.4 Å². The van der Waals surface area contributed by atoms with Crippen LogP contribution in [0, 0.1) is 0 Å². The minimum atomic E-state index is 0.435. The van der Waals surface area contributed by atoms with E-state index < -0.39 is 0 Å². The SMILES string of the molecule is Nc1cnc(-c2cn(C3=NCCS3)nc2C2CC2)cn1. The molecule has 1 aliphatic heterocycles. The number of hydrogen-bond donors (Lipinski definition) is 1. The maximum Gasteiger partial charge on any atom is 0.184 e. The molecular weight excluding hydrogens is 272 g/mol. The molecule has 2 aromatic heterocycles. The van der Waals surface area contributed by atoms with E-state index in [1.54, 1.807) is 24.2 Å². The average Bonchev–Trinajstić information content (AvgIpc) is 3.00. The van der Waals surface area contributed by atoms with Crippen molar-refractivity contribution in [3.63, 3.8) is 0 Å². The molecule has 0 aromatic carbocycles. The Balaban J connectivity index is 1.78. The van der Waals surface area contributed by atoms with Gasteiger partial charge < -0.3 is 5.73 Å². The van der Waals surface area contributed by atoms with Gasteiger partial charge in [0.25, 0.3) is 0 Å². The number of nitrogen functional groups attached to an aromatic ring is 1. The summed E-state index contributed by atoms with van der Waals surface area (Å²) in [6.07, 6.45) is 7.72. The summed E-state index contributed by atoms with van der Waals surface area (Å²) in [6.45, 7) is 0.871. The van der Waals surface area contributed by atoms with Crippen molar-refractivity contribution < 1.29 is 0 Å².